The number of benzene rings is 1. The van der Waals surface area contributed by atoms with E-state index < -0.39 is 11.5 Å². The molecule has 29 heavy (non-hydrogen) atoms. The fourth-order valence-corrected chi connectivity index (χ4v) is 4.35. The van der Waals surface area contributed by atoms with E-state index in [1.54, 1.807) is 23.2 Å². The first-order valence-corrected chi connectivity index (χ1v) is 10.1. The molecule has 0 bridgehead atoms. The van der Waals surface area contributed by atoms with E-state index in [1.165, 1.54) is 12.1 Å². The number of aromatic nitrogens is 2. The number of nitrogens with zero attached hydrogens (tertiary/aromatic N) is 3. The van der Waals surface area contributed by atoms with E-state index in [4.69, 9.17) is 0 Å². The summed E-state index contributed by atoms with van der Waals surface area (Å²) in [5.74, 6) is 0.389. The van der Waals surface area contributed by atoms with Gasteiger partial charge in [-0.2, -0.15) is 0 Å². The lowest BCUT2D eigenvalue weighted by molar-refractivity contribution is -0.0669. The third-order valence-electron chi connectivity index (χ3n) is 6.09. The van der Waals surface area contributed by atoms with Crippen LogP contribution < -0.4 is 5.32 Å². The van der Waals surface area contributed by atoms with Crippen LogP contribution in [0.5, 0.6) is 0 Å². The average molecular weight is 402 g/mol. The molecule has 7 nitrogen and oxygen atoms in total. The number of amides is 1. The van der Waals surface area contributed by atoms with Crippen LogP contribution in [-0.2, 0) is 19.4 Å². The highest BCUT2D eigenvalue weighted by Crippen LogP contribution is 2.34. The smallest absolute Gasteiger partial charge is 0.274 e. The number of piperidine rings is 1. The summed E-state index contributed by atoms with van der Waals surface area (Å²) < 4.78 is 15.3. The monoisotopic (exact) mass is 402 g/mol. The molecule has 0 aliphatic carbocycles. The molecule has 0 unspecified atom stereocenters. The van der Waals surface area contributed by atoms with Crippen LogP contribution in [0.3, 0.4) is 0 Å². The maximum absolute atomic E-state index is 13.2. The van der Waals surface area contributed by atoms with Crippen LogP contribution in [0.15, 0.2) is 30.5 Å². The number of halogens is 1. The summed E-state index contributed by atoms with van der Waals surface area (Å²) in [6, 6.07) is 6.04. The molecule has 1 fully saturated rings. The van der Waals surface area contributed by atoms with E-state index in [-0.39, 0.29) is 24.9 Å². The van der Waals surface area contributed by atoms with Crippen molar-refractivity contribution >= 4 is 5.91 Å². The van der Waals surface area contributed by atoms with Crippen molar-refractivity contribution in [2.45, 2.75) is 31.9 Å². The predicted octanol–water partition coefficient (Wildman–Crippen LogP) is 0.596. The van der Waals surface area contributed by atoms with Gasteiger partial charge >= 0.3 is 0 Å². The second kappa shape index (κ2) is 8.22. The van der Waals surface area contributed by atoms with E-state index in [9.17, 15) is 19.4 Å². The Hall–Kier alpha value is -2.29. The molecule has 1 aromatic carbocycles. The molecule has 3 N–H and O–H groups in total. The Bertz CT molecular complexity index is 846. The van der Waals surface area contributed by atoms with Crippen LogP contribution in [-0.4, -0.2) is 69.5 Å². The van der Waals surface area contributed by atoms with Crippen molar-refractivity contribution in [1.29, 1.82) is 0 Å². The van der Waals surface area contributed by atoms with Crippen molar-refractivity contribution in [3.63, 3.8) is 0 Å². The summed E-state index contributed by atoms with van der Waals surface area (Å²) in [5, 5.41) is 24.1. The Morgan fingerprint density at radius 2 is 2.07 bits per heavy atom. The minimum Gasteiger partial charge on any atom is -0.396 e. The lowest BCUT2D eigenvalue weighted by Crippen LogP contribution is -2.56. The maximum Gasteiger partial charge on any atom is 0.274 e. The second-order valence-electron chi connectivity index (χ2n) is 8.09. The van der Waals surface area contributed by atoms with Gasteiger partial charge in [0.05, 0.1) is 12.7 Å². The molecule has 2 aliphatic heterocycles. The van der Waals surface area contributed by atoms with Gasteiger partial charge in [0.1, 0.15) is 17.3 Å². The highest BCUT2D eigenvalue weighted by atomic mass is 19.1. The number of likely N-dealkylation sites (tertiary alicyclic amines) is 1. The van der Waals surface area contributed by atoms with Gasteiger partial charge in [0.2, 0.25) is 0 Å². The summed E-state index contributed by atoms with van der Waals surface area (Å²) >= 11 is 0. The van der Waals surface area contributed by atoms with Gasteiger partial charge in [-0.3, -0.25) is 4.79 Å². The number of carbonyl (C=O) groups excluding carboxylic acids is 1. The Morgan fingerprint density at radius 3 is 2.83 bits per heavy atom. The average Bonchev–Trinajstić information content (AvgIpc) is 3.01. The quantitative estimate of drug-likeness (QED) is 0.697. The fraction of sp³-hybridized carbons (Fsp3) is 0.524. The van der Waals surface area contributed by atoms with Crippen molar-refractivity contribution < 1.29 is 19.4 Å². The highest BCUT2D eigenvalue weighted by Gasteiger charge is 2.44. The zero-order valence-electron chi connectivity index (χ0n) is 16.4. The summed E-state index contributed by atoms with van der Waals surface area (Å²) in [4.78, 5) is 19.3. The minimum absolute atomic E-state index is 0.178. The normalized spacial score (nSPS) is 24.8. The first kappa shape index (κ1) is 20.0. The largest absolute Gasteiger partial charge is 0.396 e. The number of aliphatic hydroxyl groups excluding tert-OH is 2. The van der Waals surface area contributed by atoms with Crippen LogP contribution in [0.1, 0.15) is 28.3 Å². The number of carbonyl (C=O) groups is 1. The number of fused-ring (bicyclic) bond motifs is 1. The lowest BCUT2D eigenvalue weighted by atomic mass is 9.73. The molecule has 1 saturated heterocycles. The van der Waals surface area contributed by atoms with Gasteiger partial charge in [0.25, 0.3) is 5.91 Å². The molecule has 1 amide bonds. The molecule has 0 spiro atoms. The van der Waals surface area contributed by atoms with Crippen LogP contribution in [0.4, 0.5) is 4.39 Å². The number of hydrogen-bond donors (Lipinski definition) is 3. The standard InChI is InChI=1S/C21H27FN4O3/c22-16-3-1-15(2-4-16)11-21(14-27)13-26(9-6-18(21)28)20(29)17-12-25-10-8-23-7-5-19(25)24-17/h1-4,12,18,23,27-28H,5-11,13-14H2/t18-,21-/m0/s1. The molecule has 156 valence electrons. The number of nitrogens with one attached hydrogen (secondary N) is 1. The van der Waals surface area contributed by atoms with Crippen LogP contribution in [0, 0.1) is 11.2 Å². The van der Waals surface area contributed by atoms with Gasteiger partial charge in [0, 0.05) is 50.8 Å². The molecular formula is C21H27FN4O3. The van der Waals surface area contributed by atoms with E-state index in [1.807, 2.05) is 4.57 Å². The number of hydrogen-bond acceptors (Lipinski definition) is 5. The van der Waals surface area contributed by atoms with Gasteiger partial charge in [-0.25, -0.2) is 9.37 Å². The topological polar surface area (TPSA) is 90.6 Å². The van der Waals surface area contributed by atoms with E-state index in [2.05, 4.69) is 10.3 Å². The van der Waals surface area contributed by atoms with Crippen molar-refractivity contribution in [3.8, 4) is 0 Å². The van der Waals surface area contributed by atoms with Gasteiger partial charge < -0.3 is 25.0 Å². The van der Waals surface area contributed by atoms with Gasteiger partial charge in [-0.05, 0) is 30.5 Å². The molecule has 4 rings (SSSR count). The zero-order valence-corrected chi connectivity index (χ0v) is 16.4. The summed E-state index contributed by atoms with van der Waals surface area (Å²) in [6.45, 7) is 2.84. The molecule has 8 heteroatoms. The molecule has 1 aromatic heterocycles. The summed E-state index contributed by atoms with van der Waals surface area (Å²) in [5.41, 5.74) is 0.342. The van der Waals surface area contributed by atoms with E-state index in [0.29, 0.717) is 25.1 Å². The minimum atomic E-state index is -0.882. The Balaban J connectivity index is 1.54. The molecule has 2 atom stereocenters. The zero-order chi connectivity index (χ0) is 20.4. The van der Waals surface area contributed by atoms with E-state index in [0.717, 1.165) is 37.4 Å². The molecule has 2 aliphatic rings. The first-order chi connectivity index (χ1) is 14.0. The Morgan fingerprint density at radius 1 is 1.28 bits per heavy atom. The predicted molar refractivity (Wildman–Crippen MR) is 105 cm³/mol. The molecular weight excluding hydrogens is 375 g/mol. The van der Waals surface area contributed by atoms with Crippen LogP contribution >= 0.6 is 0 Å². The van der Waals surface area contributed by atoms with Crippen LogP contribution in [0.25, 0.3) is 0 Å². The second-order valence-corrected chi connectivity index (χ2v) is 8.09. The Kier molecular flexibility index (Phi) is 5.67. The van der Waals surface area contributed by atoms with Crippen molar-refractivity contribution in [2.75, 3.05) is 32.8 Å². The summed E-state index contributed by atoms with van der Waals surface area (Å²) in [7, 11) is 0. The number of imidazole rings is 1. The number of rotatable bonds is 4. The molecule has 3 heterocycles. The SMILES string of the molecule is O=C(c1cn2c(n1)CCNCC2)N1CC[C@H](O)[C@@](CO)(Cc2ccc(F)cc2)C1. The van der Waals surface area contributed by atoms with Crippen molar-refractivity contribution in [1.82, 2.24) is 19.8 Å². The molecule has 0 radical (unpaired) electrons. The Labute approximate surface area is 169 Å². The van der Waals surface area contributed by atoms with Crippen molar-refractivity contribution in [3.05, 3.63) is 53.4 Å². The van der Waals surface area contributed by atoms with Crippen LogP contribution in [0.2, 0.25) is 0 Å². The summed E-state index contributed by atoms with van der Waals surface area (Å²) in [6.07, 6.45) is 2.57. The third-order valence-corrected chi connectivity index (χ3v) is 6.09. The molecule has 2 aromatic rings. The third kappa shape index (κ3) is 4.05. The lowest BCUT2D eigenvalue weighted by Gasteiger charge is -2.45. The van der Waals surface area contributed by atoms with Gasteiger partial charge in [-0.15, -0.1) is 0 Å². The maximum atomic E-state index is 13.2. The number of aliphatic hydroxyl groups is 2. The van der Waals surface area contributed by atoms with Crippen molar-refractivity contribution in [2.24, 2.45) is 5.41 Å². The molecule has 0 saturated carbocycles. The fourth-order valence-electron chi connectivity index (χ4n) is 4.35. The van der Waals surface area contributed by atoms with Gasteiger partial charge in [0.15, 0.2) is 0 Å². The highest BCUT2D eigenvalue weighted by molar-refractivity contribution is 5.92. The van der Waals surface area contributed by atoms with E-state index >= 15 is 0 Å². The van der Waals surface area contributed by atoms with Gasteiger partial charge in [-0.1, -0.05) is 12.1 Å². The first-order valence-electron chi connectivity index (χ1n) is 10.1.